The number of hydrogen-bond donors (Lipinski definition) is 1. The van der Waals surface area contributed by atoms with Crippen molar-refractivity contribution in [2.75, 3.05) is 25.5 Å². The Hall–Kier alpha value is -2.64. The summed E-state index contributed by atoms with van der Waals surface area (Å²) in [5.74, 6) is 0.786. The zero-order valence-corrected chi connectivity index (χ0v) is 17.5. The first-order valence-corrected chi connectivity index (χ1v) is 11.1. The molecule has 154 valence electrons. The average molecular weight is 415 g/mol. The van der Waals surface area contributed by atoms with Gasteiger partial charge in [-0.1, -0.05) is 19.1 Å². The molecule has 2 aromatic carbocycles. The summed E-state index contributed by atoms with van der Waals surface area (Å²) < 4.78 is 32.3. The van der Waals surface area contributed by atoms with Crippen LogP contribution in [0.1, 0.15) is 25.3 Å². The van der Waals surface area contributed by atoms with Crippen LogP contribution in [0.3, 0.4) is 0 Å². The first-order chi connectivity index (χ1) is 13.9. The van der Waals surface area contributed by atoms with Crippen molar-refractivity contribution in [2.24, 2.45) is 5.92 Å². The first kappa shape index (κ1) is 21.1. The summed E-state index contributed by atoms with van der Waals surface area (Å²) in [5, 5.41) is 2.74. The maximum absolute atomic E-state index is 12.8. The minimum absolute atomic E-state index is 0.247. The fraction of sp³-hybridized carbons (Fsp3) is 0.318. The molecule has 0 spiro atoms. The molecule has 29 heavy (non-hydrogen) atoms. The van der Waals surface area contributed by atoms with Crippen LogP contribution >= 0.6 is 0 Å². The molecule has 0 aromatic heterocycles. The van der Waals surface area contributed by atoms with Crippen molar-refractivity contribution in [3.8, 4) is 5.75 Å². The van der Waals surface area contributed by atoms with Crippen LogP contribution in [0.15, 0.2) is 59.5 Å². The quantitative estimate of drug-likeness (QED) is 0.730. The lowest BCUT2D eigenvalue weighted by atomic mass is 10.0. The molecule has 1 aliphatic heterocycles. The standard InChI is InChI=1S/C22H26N2O4S/c1-17-5-4-14-24(16-17)29(26,27)21-11-9-19(10-12-21)23-22(25)13-8-18-6-3-7-20(15-18)28-2/h3,6-13,15,17H,4-5,14,16H2,1-2H3,(H,23,25). The van der Waals surface area contributed by atoms with Gasteiger partial charge in [-0.15, -0.1) is 0 Å². The van der Waals surface area contributed by atoms with Gasteiger partial charge in [-0.3, -0.25) is 4.79 Å². The van der Waals surface area contributed by atoms with E-state index in [1.54, 1.807) is 29.6 Å². The second-order valence-corrected chi connectivity index (χ2v) is 9.17. The third-order valence-electron chi connectivity index (χ3n) is 4.90. The van der Waals surface area contributed by atoms with Crippen LogP contribution in [0.5, 0.6) is 5.75 Å². The van der Waals surface area contributed by atoms with E-state index in [1.807, 2.05) is 24.3 Å². The summed E-state index contributed by atoms with van der Waals surface area (Å²) in [4.78, 5) is 12.4. The van der Waals surface area contributed by atoms with E-state index in [0.29, 0.717) is 30.4 Å². The minimum atomic E-state index is -3.50. The summed E-state index contributed by atoms with van der Waals surface area (Å²) in [6, 6.07) is 13.7. The zero-order valence-electron chi connectivity index (χ0n) is 16.7. The van der Waals surface area contributed by atoms with Crippen LogP contribution < -0.4 is 10.1 Å². The molecule has 0 radical (unpaired) electrons. The number of piperidine rings is 1. The summed E-state index contributed by atoms with van der Waals surface area (Å²) in [5.41, 5.74) is 1.38. The van der Waals surface area contributed by atoms with Crippen LogP contribution in [0, 0.1) is 5.92 Å². The number of carbonyl (C=O) groups excluding carboxylic acids is 1. The van der Waals surface area contributed by atoms with Gasteiger partial charge in [0.15, 0.2) is 0 Å². The lowest BCUT2D eigenvalue weighted by molar-refractivity contribution is -0.111. The van der Waals surface area contributed by atoms with Crippen molar-refractivity contribution >= 4 is 27.7 Å². The van der Waals surface area contributed by atoms with Crippen molar-refractivity contribution in [1.82, 2.24) is 4.31 Å². The molecule has 0 bridgehead atoms. The number of nitrogens with one attached hydrogen (secondary N) is 1. The number of ether oxygens (including phenoxy) is 1. The lowest BCUT2D eigenvalue weighted by Crippen LogP contribution is -2.39. The Morgan fingerprint density at radius 3 is 2.66 bits per heavy atom. The van der Waals surface area contributed by atoms with E-state index in [1.165, 1.54) is 18.2 Å². The van der Waals surface area contributed by atoms with Crippen molar-refractivity contribution < 1.29 is 17.9 Å². The molecule has 7 heteroatoms. The molecule has 1 N–H and O–H groups in total. The third-order valence-corrected chi connectivity index (χ3v) is 6.78. The molecule has 1 aliphatic rings. The highest BCUT2D eigenvalue weighted by Crippen LogP contribution is 2.24. The first-order valence-electron chi connectivity index (χ1n) is 9.62. The molecule has 1 amide bonds. The number of nitrogens with zero attached hydrogens (tertiary/aromatic N) is 1. The SMILES string of the molecule is COc1cccc(C=CC(=O)Nc2ccc(S(=O)(=O)N3CCCC(C)C3)cc2)c1. The monoisotopic (exact) mass is 414 g/mol. The van der Waals surface area contributed by atoms with Gasteiger partial charge < -0.3 is 10.1 Å². The number of rotatable bonds is 6. The van der Waals surface area contributed by atoms with Crippen LogP contribution in [0.25, 0.3) is 6.08 Å². The smallest absolute Gasteiger partial charge is 0.248 e. The van der Waals surface area contributed by atoms with Crippen LogP contribution in [0.4, 0.5) is 5.69 Å². The van der Waals surface area contributed by atoms with Crippen LogP contribution in [-0.2, 0) is 14.8 Å². The number of carbonyl (C=O) groups is 1. The summed E-state index contributed by atoms with van der Waals surface area (Å²) in [7, 11) is -1.91. The summed E-state index contributed by atoms with van der Waals surface area (Å²) >= 11 is 0. The van der Waals surface area contributed by atoms with Crippen molar-refractivity contribution in [2.45, 2.75) is 24.7 Å². The molecule has 3 rings (SSSR count). The Kier molecular flexibility index (Phi) is 6.71. The van der Waals surface area contributed by atoms with Crippen molar-refractivity contribution in [1.29, 1.82) is 0 Å². The number of hydrogen-bond acceptors (Lipinski definition) is 4. The average Bonchev–Trinajstić information content (AvgIpc) is 2.73. The fourth-order valence-electron chi connectivity index (χ4n) is 3.32. The van der Waals surface area contributed by atoms with Gasteiger partial charge in [-0.05, 0) is 66.8 Å². The number of amides is 1. The highest BCUT2D eigenvalue weighted by atomic mass is 32.2. The van der Waals surface area contributed by atoms with Gasteiger partial charge in [0.05, 0.1) is 12.0 Å². The van der Waals surface area contributed by atoms with Gasteiger partial charge in [-0.2, -0.15) is 4.31 Å². The van der Waals surface area contributed by atoms with Gasteiger partial charge >= 0.3 is 0 Å². The lowest BCUT2D eigenvalue weighted by Gasteiger charge is -2.30. The van der Waals surface area contributed by atoms with Gasteiger partial charge in [0.1, 0.15) is 5.75 Å². The number of anilines is 1. The largest absolute Gasteiger partial charge is 0.497 e. The van der Waals surface area contributed by atoms with E-state index in [4.69, 9.17) is 4.74 Å². The molecule has 6 nitrogen and oxygen atoms in total. The van der Waals surface area contributed by atoms with E-state index in [0.717, 1.165) is 18.4 Å². The van der Waals surface area contributed by atoms with Crippen molar-refractivity contribution in [3.05, 3.63) is 60.2 Å². The summed E-state index contributed by atoms with van der Waals surface area (Å²) in [6.07, 6.45) is 5.05. The molecule has 1 unspecified atom stereocenters. The highest BCUT2D eigenvalue weighted by molar-refractivity contribution is 7.89. The molecular weight excluding hydrogens is 388 g/mol. The molecule has 0 aliphatic carbocycles. The molecule has 0 saturated carbocycles. The Bertz CT molecular complexity index is 984. The van der Waals surface area contributed by atoms with Gasteiger partial charge in [0.25, 0.3) is 0 Å². The number of benzene rings is 2. The topological polar surface area (TPSA) is 75.7 Å². The second-order valence-electron chi connectivity index (χ2n) is 7.23. The van der Waals surface area contributed by atoms with E-state index in [2.05, 4.69) is 12.2 Å². The normalized spacial score (nSPS) is 17.9. The fourth-order valence-corrected chi connectivity index (χ4v) is 4.92. The Morgan fingerprint density at radius 1 is 1.21 bits per heavy atom. The van der Waals surface area contributed by atoms with Crippen LogP contribution in [-0.4, -0.2) is 38.8 Å². The van der Waals surface area contributed by atoms with Gasteiger partial charge in [-0.25, -0.2) is 8.42 Å². The van der Waals surface area contributed by atoms with Gasteiger partial charge in [0, 0.05) is 24.9 Å². The van der Waals surface area contributed by atoms with E-state index >= 15 is 0 Å². The Morgan fingerprint density at radius 2 is 1.97 bits per heavy atom. The molecule has 2 aromatic rings. The van der Waals surface area contributed by atoms with E-state index < -0.39 is 10.0 Å². The Labute approximate surface area is 172 Å². The predicted octanol–water partition coefficient (Wildman–Crippen LogP) is 3.77. The maximum atomic E-state index is 12.8. The molecule has 1 saturated heterocycles. The van der Waals surface area contributed by atoms with E-state index in [-0.39, 0.29) is 10.8 Å². The van der Waals surface area contributed by atoms with Crippen LogP contribution in [0.2, 0.25) is 0 Å². The van der Waals surface area contributed by atoms with Gasteiger partial charge in [0.2, 0.25) is 15.9 Å². The predicted molar refractivity (Wildman–Crippen MR) is 114 cm³/mol. The zero-order chi connectivity index (χ0) is 20.9. The second kappa shape index (κ2) is 9.24. The van der Waals surface area contributed by atoms with E-state index in [9.17, 15) is 13.2 Å². The molecule has 1 atom stereocenters. The Balaban J connectivity index is 1.64. The maximum Gasteiger partial charge on any atom is 0.248 e. The minimum Gasteiger partial charge on any atom is -0.497 e. The highest BCUT2D eigenvalue weighted by Gasteiger charge is 2.28. The summed E-state index contributed by atoms with van der Waals surface area (Å²) in [6.45, 7) is 3.18. The molecular formula is C22H26N2O4S. The molecule has 1 heterocycles. The third kappa shape index (κ3) is 5.46. The van der Waals surface area contributed by atoms with Crippen molar-refractivity contribution in [3.63, 3.8) is 0 Å². The number of sulfonamides is 1. The molecule has 1 fully saturated rings. The number of methoxy groups -OCH3 is 1.